The third kappa shape index (κ3) is 4.57. The number of carbonyl (C=O) groups is 1. The van der Waals surface area contributed by atoms with E-state index in [1.165, 1.54) is 0 Å². The van der Waals surface area contributed by atoms with Gasteiger partial charge in [0, 0.05) is 5.57 Å². The van der Waals surface area contributed by atoms with Crippen molar-refractivity contribution in [1.29, 1.82) is 0 Å². The van der Waals surface area contributed by atoms with Crippen LogP contribution in [0.1, 0.15) is 11.1 Å². The first kappa shape index (κ1) is 15.0. The highest BCUT2D eigenvalue weighted by atomic mass is 32.2. The molecule has 0 fully saturated rings. The topological polar surface area (TPSA) is 63.2 Å². The lowest BCUT2D eigenvalue weighted by Gasteiger charge is -2.08. The molecule has 21 heavy (non-hydrogen) atoms. The minimum absolute atomic E-state index is 0.298. The number of rotatable bonds is 4. The fourth-order valence-electron chi connectivity index (χ4n) is 1.84. The molecule has 0 bridgehead atoms. The van der Waals surface area contributed by atoms with Crippen LogP contribution in [0.25, 0.3) is 11.6 Å². The van der Waals surface area contributed by atoms with E-state index in [1.807, 2.05) is 41.1 Å². The van der Waals surface area contributed by atoms with E-state index in [4.69, 9.17) is 0 Å². The number of hydrogen-bond acceptors (Lipinski definition) is 3. The van der Waals surface area contributed by atoms with Crippen LogP contribution in [0.3, 0.4) is 0 Å². The molecule has 2 aromatic rings. The van der Waals surface area contributed by atoms with Crippen LogP contribution in [-0.4, -0.2) is 20.6 Å². The average Bonchev–Trinajstić information content (AvgIpc) is 2.45. The second-order valence-corrected chi connectivity index (χ2v) is 6.29. The molecule has 0 aliphatic heterocycles. The van der Waals surface area contributed by atoms with Gasteiger partial charge in [0.2, 0.25) is 10.0 Å². The molecule has 0 radical (unpaired) electrons. The molecule has 0 atom stereocenters. The van der Waals surface area contributed by atoms with Crippen LogP contribution < -0.4 is 4.72 Å². The van der Waals surface area contributed by atoms with E-state index in [0.717, 1.165) is 11.8 Å². The first-order chi connectivity index (χ1) is 9.96. The molecule has 0 unspecified atom stereocenters. The van der Waals surface area contributed by atoms with E-state index >= 15 is 0 Å². The molecular weight excluding hydrogens is 286 g/mol. The van der Waals surface area contributed by atoms with Gasteiger partial charge in [-0.05, 0) is 17.2 Å². The van der Waals surface area contributed by atoms with Gasteiger partial charge in [-0.1, -0.05) is 60.7 Å². The van der Waals surface area contributed by atoms with E-state index in [9.17, 15) is 13.2 Å². The average molecular weight is 301 g/mol. The Morgan fingerprint density at radius 2 is 1.48 bits per heavy atom. The molecule has 0 aromatic heterocycles. The summed E-state index contributed by atoms with van der Waals surface area (Å²) in [5, 5.41) is 0. The SMILES string of the molecule is CS(=O)(=O)NC(=O)/C(=C/c1ccccc1)c1ccccc1. The number of benzene rings is 2. The zero-order valence-electron chi connectivity index (χ0n) is 11.5. The lowest BCUT2D eigenvalue weighted by molar-refractivity contribution is -0.113. The molecular formula is C16H15NO3S. The summed E-state index contributed by atoms with van der Waals surface area (Å²) in [6.07, 6.45) is 2.62. The minimum Gasteiger partial charge on any atom is -0.268 e. The molecule has 0 aliphatic carbocycles. The summed E-state index contributed by atoms with van der Waals surface area (Å²) in [6.45, 7) is 0. The van der Waals surface area contributed by atoms with Gasteiger partial charge in [0.1, 0.15) is 0 Å². The van der Waals surface area contributed by atoms with Crippen molar-refractivity contribution < 1.29 is 13.2 Å². The van der Waals surface area contributed by atoms with Gasteiger partial charge in [-0.25, -0.2) is 13.1 Å². The van der Waals surface area contributed by atoms with E-state index in [-0.39, 0.29) is 0 Å². The smallest absolute Gasteiger partial charge is 0.265 e. The van der Waals surface area contributed by atoms with Gasteiger partial charge in [0.25, 0.3) is 5.91 Å². The van der Waals surface area contributed by atoms with Crippen molar-refractivity contribution in [2.45, 2.75) is 0 Å². The zero-order valence-corrected chi connectivity index (χ0v) is 12.3. The van der Waals surface area contributed by atoms with Gasteiger partial charge in [0.15, 0.2) is 0 Å². The fourth-order valence-corrected chi connectivity index (χ4v) is 2.28. The molecule has 1 N–H and O–H groups in total. The molecule has 0 heterocycles. The molecule has 2 rings (SSSR count). The first-order valence-electron chi connectivity index (χ1n) is 6.30. The summed E-state index contributed by atoms with van der Waals surface area (Å²) in [7, 11) is -3.61. The summed E-state index contributed by atoms with van der Waals surface area (Å²) in [4.78, 5) is 12.2. The maximum absolute atomic E-state index is 12.2. The Hall–Kier alpha value is -2.40. The van der Waals surface area contributed by atoms with Crippen molar-refractivity contribution in [2.24, 2.45) is 0 Å². The molecule has 5 heteroatoms. The van der Waals surface area contributed by atoms with Gasteiger partial charge >= 0.3 is 0 Å². The lowest BCUT2D eigenvalue weighted by atomic mass is 10.0. The second-order valence-electron chi connectivity index (χ2n) is 4.54. The van der Waals surface area contributed by atoms with Gasteiger partial charge < -0.3 is 0 Å². The number of nitrogens with one attached hydrogen (secondary N) is 1. The predicted molar refractivity (Wildman–Crippen MR) is 83.7 cm³/mol. The van der Waals surface area contributed by atoms with E-state index in [1.54, 1.807) is 30.3 Å². The minimum atomic E-state index is -3.61. The van der Waals surface area contributed by atoms with Gasteiger partial charge in [-0.15, -0.1) is 0 Å². The Kier molecular flexibility index (Phi) is 4.55. The molecule has 0 saturated heterocycles. The quantitative estimate of drug-likeness (QED) is 0.696. The third-order valence-corrected chi connectivity index (χ3v) is 3.27. The van der Waals surface area contributed by atoms with Crippen molar-refractivity contribution >= 4 is 27.6 Å². The van der Waals surface area contributed by atoms with Crippen LogP contribution in [0.5, 0.6) is 0 Å². The highest BCUT2D eigenvalue weighted by molar-refractivity contribution is 7.89. The monoisotopic (exact) mass is 301 g/mol. The highest BCUT2D eigenvalue weighted by Gasteiger charge is 2.15. The molecule has 0 spiro atoms. The second kappa shape index (κ2) is 6.37. The molecule has 2 aromatic carbocycles. The van der Waals surface area contributed by atoms with E-state index in [2.05, 4.69) is 0 Å². The number of sulfonamides is 1. The van der Waals surface area contributed by atoms with Crippen LogP contribution >= 0.6 is 0 Å². The number of hydrogen-bond donors (Lipinski definition) is 1. The highest BCUT2D eigenvalue weighted by Crippen LogP contribution is 2.18. The summed E-state index contributed by atoms with van der Waals surface area (Å²) in [6, 6.07) is 18.2. The molecule has 0 aliphatic rings. The fraction of sp³-hybridized carbons (Fsp3) is 0.0625. The Bertz CT molecular complexity index is 751. The van der Waals surface area contributed by atoms with Gasteiger partial charge in [-0.3, -0.25) is 4.79 Å². The Labute approximate surface area is 124 Å². The summed E-state index contributed by atoms with van der Waals surface area (Å²) < 4.78 is 24.5. The molecule has 0 saturated carbocycles. The van der Waals surface area contributed by atoms with Crippen molar-refractivity contribution in [3.8, 4) is 0 Å². The Morgan fingerprint density at radius 3 is 2.00 bits per heavy atom. The molecule has 108 valence electrons. The Morgan fingerprint density at radius 1 is 0.952 bits per heavy atom. The zero-order chi connectivity index (χ0) is 15.3. The lowest BCUT2D eigenvalue weighted by Crippen LogP contribution is -2.30. The van der Waals surface area contributed by atoms with Crippen molar-refractivity contribution in [2.75, 3.05) is 6.26 Å². The predicted octanol–water partition coefficient (Wildman–Crippen LogP) is 2.30. The van der Waals surface area contributed by atoms with Crippen molar-refractivity contribution in [3.05, 3.63) is 71.8 Å². The number of amides is 1. The summed E-state index contributed by atoms with van der Waals surface area (Å²) in [5.41, 5.74) is 1.77. The molecule has 4 nitrogen and oxygen atoms in total. The van der Waals surface area contributed by atoms with E-state index in [0.29, 0.717) is 11.1 Å². The first-order valence-corrected chi connectivity index (χ1v) is 8.19. The maximum atomic E-state index is 12.2. The maximum Gasteiger partial charge on any atom is 0.265 e. The van der Waals surface area contributed by atoms with Crippen LogP contribution in [-0.2, 0) is 14.8 Å². The standard InChI is InChI=1S/C16H15NO3S/c1-21(19,20)17-16(18)15(14-10-6-3-7-11-14)12-13-8-4-2-5-9-13/h2-12H,1H3,(H,17,18)/b15-12+. The van der Waals surface area contributed by atoms with Crippen molar-refractivity contribution in [3.63, 3.8) is 0 Å². The van der Waals surface area contributed by atoms with E-state index < -0.39 is 15.9 Å². The van der Waals surface area contributed by atoms with Crippen molar-refractivity contribution in [1.82, 2.24) is 4.72 Å². The van der Waals surface area contributed by atoms with Crippen LogP contribution in [0.4, 0.5) is 0 Å². The summed E-state index contributed by atoms with van der Waals surface area (Å²) in [5.74, 6) is -0.646. The third-order valence-electron chi connectivity index (χ3n) is 2.72. The van der Waals surface area contributed by atoms with Gasteiger partial charge in [0.05, 0.1) is 6.26 Å². The summed E-state index contributed by atoms with van der Waals surface area (Å²) >= 11 is 0. The van der Waals surface area contributed by atoms with Crippen LogP contribution in [0.15, 0.2) is 60.7 Å². The largest absolute Gasteiger partial charge is 0.268 e. The Balaban J connectivity index is 2.45. The normalized spacial score (nSPS) is 12.0. The molecule has 1 amide bonds. The van der Waals surface area contributed by atoms with Gasteiger partial charge in [-0.2, -0.15) is 0 Å². The number of carbonyl (C=O) groups excluding carboxylic acids is 1. The van der Waals surface area contributed by atoms with Crippen LogP contribution in [0, 0.1) is 0 Å². The van der Waals surface area contributed by atoms with Crippen LogP contribution in [0.2, 0.25) is 0 Å².